The van der Waals surface area contributed by atoms with Gasteiger partial charge in [-0.1, -0.05) is 106 Å². The summed E-state index contributed by atoms with van der Waals surface area (Å²) in [5.41, 5.74) is 0.518. The molecule has 0 rings (SSSR count). The molecule has 0 N–H and O–H groups in total. The zero-order valence-corrected chi connectivity index (χ0v) is 16.3. The molecule has 0 aromatic rings. The molecule has 0 aliphatic carbocycles. The van der Waals surface area contributed by atoms with E-state index < -0.39 is 0 Å². The standard InChI is InChI=1S/C21H44/c1-8-18(2)12-9-13-19(3)14-10-15-20(4)16-11-17-21(5,6)7/h18-20H,8-17H2,1-7H3. The Morgan fingerprint density at radius 2 is 1.00 bits per heavy atom. The van der Waals surface area contributed by atoms with Gasteiger partial charge in [-0.25, -0.2) is 0 Å². The van der Waals surface area contributed by atoms with Gasteiger partial charge in [-0.2, -0.15) is 0 Å². The highest BCUT2D eigenvalue weighted by atomic mass is 14.2. The van der Waals surface area contributed by atoms with E-state index in [2.05, 4.69) is 48.5 Å². The summed E-state index contributed by atoms with van der Waals surface area (Å²) < 4.78 is 0. The summed E-state index contributed by atoms with van der Waals surface area (Å²) in [7, 11) is 0. The van der Waals surface area contributed by atoms with Crippen molar-refractivity contribution in [1.82, 2.24) is 0 Å². The van der Waals surface area contributed by atoms with Gasteiger partial charge in [0.2, 0.25) is 0 Å². The van der Waals surface area contributed by atoms with E-state index in [1.54, 1.807) is 0 Å². The molecule has 0 saturated heterocycles. The van der Waals surface area contributed by atoms with Crippen LogP contribution in [0.3, 0.4) is 0 Å². The lowest BCUT2D eigenvalue weighted by Crippen LogP contribution is -2.06. The van der Waals surface area contributed by atoms with Gasteiger partial charge in [-0.3, -0.25) is 0 Å². The van der Waals surface area contributed by atoms with Crippen molar-refractivity contribution in [2.45, 2.75) is 113 Å². The minimum absolute atomic E-state index is 0.518. The van der Waals surface area contributed by atoms with Crippen LogP contribution in [0.15, 0.2) is 0 Å². The lowest BCUT2D eigenvalue weighted by molar-refractivity contribution is 0.330. The maximum absolute atomic E-state index is 2.46. The average molecular weight is 297 g/mol. The van der Waals surface area contributed by atoms with Crippen LogP contribution in [0.2, 0.25) is 0 Å². The molecule has 0 bridgehead atoms. The van der Waals surface area contributed by atoms with Gasteiger partial charge in [0.15, 0.2) is 0 Å². The largest absolute Gasteiger partial charge is 0.0651 e. The van der Waals surface area contributed by atoms with E-state index in [4.69, 9.17) is 0 Å². The van der Waals surface area contributed by atoms with E-state index in [9.17, 15) is 0 Å². The first-order valence-electron chi connectivity index (χ1n) is 9.74. The summed E-state index contributed by atoms with van der Waals surface area (Å²) in [6, 6.07) is 0. The molecule has 0 amide bonds. The summed E-state index contributed by atoms with van der Waals surface area (Å²) in [5.74, 6) is 2.80. The zero-order valence-electron chi connectivity index (χ0n) is 16.3. The molecule has 0 heterocycles. The molecule has 0 radical (unpaired) electrons. The molecule has 0 fully saturated rings. The van der Waals surface area contributed by atoms with Crippen molar-refractivity contribution in [2.24, 2.45) is 23.2 Å². The lowest BCUT2D eigenvalue weighted by atomic mass is 9.86. The predicted octanol–water partition coefficient (Wildman–Crippen LogP) is 7.86. The van der Waals surface area contributed by atoms with Crippen molar-refractivity contribution >= 4 is 0 Å². The van der Waals surface area contributed by atoms with Crippen LogP contribution in [-0.2, 0) is 0 Å². The minimum Gasteiger partial charge on any atom is -0.0651 e. The quantitative estimate of drug-likeness (QED) is 0.344. The van der Waals surface area contributed by atoms with Crippen molar-refractivity contribution in [3.8, 4) is 0 Å². The van der Waals surface area contributed by atoms with Gasteiger partial charge in [0, 0.05) is 0 Å². The second-order valence-electron chi connectivity index (χ2n) is 9.04. The molecule has 21 heavy (non-hydrogen) atoms. The Hall–Kier alpha value is 0. The highest BCUT2D eigenvalue weighted by Gasteiger charge is 2.11. The number of hydrogen-bond donors (Lipinski definition) is 0. The summed E-state index contributed by atoms with van der Waals surface area (Å²) >= 11 is 0. The van der Waals surface area contributed by atoms with Crippen LogP contribution >= 0.6 is 0 Å². The van der Waals surface area contributed by atoms with Gasteiger partial charge >= 0.3 is 0 Å². The van der Waals surface area contributed by atoms with Gasteiger partial charge in [0.1, 0.15) is 0 Å². The monoisotopic (exact) mass is 296 g/mol. The van der Waals surface area contributed by atoms with Crippen LogP contribution in [0, 0.1) is 23.2 Å². The van der Waals surface area contributed by atoms with Crippen LogP contribution < -0.4 is 0 Å². The van der Waals surface area contributed by atoms with Gasteiger partial charge in [0.25, 0.3) is 0 Å². The fourth-order valence-electron chi connectivity index (χ4n) is 3.10. The first-order chi connectivity index (χ1) is 9.74. The molecule has 0 saturated carbocycles. The molecule has 0 spiro atoms. The maximum atomic E-state index is 2.46. The Kier molecular flexibility index (Phi) is 11.6. The van der Waals surface area contributed by atoms with Crippen LogP contribution in [0.1, 0.15) is 113 Å². The molecular formula is C21H44. The molecule has 0 aliphatic heterocycles. The topological polar surface area (TPSA) is 0 Å². The Morgan fingerprint density at radius 1 is 0.619 bits per heavy atom. The fraction of sp³-hybridized carbons (Fsp3) is 1.00. The average Bonchev–Trinajstić information content (AvgIpc) is 2.36. The first kappa shape index (κ1) is 21.0. The molecule has 0 heteroatoms. The fourth-order valence-corrected chi connectivity index (χ4v) is 3.10. The third-order valence-electron chi connectivity index (χ3n) is 5.11. The van der Waals surface area contributed by atoms with Crippen molar-refractivity contribution in [2.75, 3.05) is 0 Å². The summed E-state index contributed by atoms with van der Waals surface area (Å²) in [5, 5.41) is 0. The third kappa shape index (κ3) is 14.7. The summed E-state index contributed by atoms with van der Waals surface area (Å²) in [6.07, 6.45) is 14.2. The van der Waals surface area contributed by atoms with Crippen LogP contribution in [0.5, 0.6) is 0 Å². The lowest BCUT2D eigenvalue weighted by Gasteiger charge is -2.19. The van der Waals surface area contributed by atoms with E-state index in [0.717, 1.165) is 17.8 Å². The van der Waals surface area contributed by atoms with E-state index in [-0.39, 0.29) is 0 Å². The minimum atomic E-state index is 0.518. The molecule has 0 aromatic carbocycles. The molecule has 3 atom stereocenters. The van der Waals surface area contributed by atoms with Crippen molar-refractivity contribution in [3.05, 3.63) is 0 Å². The third-order valence-corrected chi connectivity index (χ3v) is 5.11. The Morgan fingerprint density at radius 3 is 1.38 bits per heavy atom. The predicted molar refractivity (Wildman–Crippen MR) is 98.8 cm³/mol. The second-order valence-corrected chi connectivity index (χ2v) is 9.04. The van der Waals surface area contributed by atoms with Crippen molar-refractivity contribution < 1.29 is 0 Å². The molecule has 3 unspecified atom stereocenters. The van der Waals surface area contributed by atoms with Crippen molar-refractivity contribution in [3.63, 3.8) is 0 Å². The van der Waals surface area contributed by atoms with E-state index in [0.29, 0.717) is 5.41 Å². The van der Waals surface area contributed by atoms with Gasteiger partial charge in [-0.15, -0.1) is 0 Å². The number of hydrogen-bond acceptors (Lipinski definition) is 0. The van der Waals surface area contributed by atoms with Crippen LogP contribution in [-0.4, -0.2) is 0 Å². The highest BCUT2D eigenvalue weighted by molar-refractivity contribution is 4.64. The Bertz CT molecular complexity index is 223. The number of rotatable bonds is 12. The van der Waals surface area contributed by atoms with E-state index >= 15 is 0 Å². The molecule has 0 aliphatic rings. The van der Waals surface area contributed by atoms with Crippen LogP contribution in [0.4, 0.5) is 0 Å². The summed E-state index contributed by atoms with van der Waals surface area (Å²) in [4.78, 5) is 0. The second kappa shape index (κ2) is 11.6. The Balaban J connectivity index is 3.51. The Labute approximate surface area is 136 Å². The maximum Gasteiger partial charge on any atom is -0.0383 e. The molecule has 128 valence electrons. The van der Waals surface area contributed by atoms with Gasteiger partial charge in [-0.05, 0) is 29.6 Å². The molecular weight excluding hydrogens is 252 g/mol. The van der Waals surface area contributed by atoms with Crippen LogP contribution in [0.25, 0.3) is 0 Å². The SMILES string of the molecule is CCC(C)CCCC(C)CCCC(C)CCCC(C)(C)C. The molecule has 0 nitrogen and oxygen atoms in total. The van der Waals surface area contributed by atoms with Gasteiger partial charge in [0.05, 0.1) is 0 Å². The van der Waals surface area contributed by atoms with E-state index in [1.807, 2.05) is 0 Å². The zero-order chi connectivity index (χ0) is 16.3. The molecule has 0 aromatic heterocycles. The van der Waals surface area contributed by atoms with E-state index in [1.165, 1.54) is 64.2 Å². The smallest absolute Gasteiger partial charge is 0.0383 e. The highest BCUT2D eigenvalue weighted by Crippen LogP contribution is 2.25. The summed E-state index contributed by atoms with van der Waals surface area (Å²) in [6.45, 7) is 16.7. The van der Waals surface area contributed by atoms with Gasteiger partial charge < -0.3 is 0 Å². The first-order valence-corrected chi connectivity index (χ1v) is 9.74. The normalized spacial score (nSPS) is 16.7. The van der Waals surface area contributed by atoms with Crippen molar-refractivity contribution in [1.29, 1.82) is 0 Å².